The molecule has 4 heteroatoms. The number of hydrogen-bond donors (Lipinski definition) is 1. The molecule has 0 saturated carbocycles. The van der Waals surface area contributed by atoms with Crippen molar-refractivity contribution in [3.63, 3.8) is 0 Å². The molecule has 84 valence electrons. The quantitative estimate of drug-likeness (QED) is 0.851. The van der Waals surface area contributed by atoms with Crippen LogP contribution in [0.1, 0.15) is 18.5 Å². The second-order valence-electron chi connectivity index (χ2n) is 3.73. The maximum Gasteiger partial charge on any atom is 0.157 e. The predicted molar refractivity (Wildman–Crippen MR) is 67.7 cm³/mol. The summed E-state index contributed by atoms with van der Waals surface area (Å²) in [7, 11) is 0. The van der Waals surface area contributed by atoms with Crippen LogP contribution in [0.15, 0.2) is 35.3 Å². The highest BCUT2D eigenvalue weighted by Crippen LogP contribution is 2.26. The SMILES string of the molecule is CSC1=NC(C(C)=O)C(c2ccccc2)N1. The number of Topliss-reactive ketones (excluding diaryl/α,β-unsaturated/α-hetero) is 1. The lowest BCUT2D eigenvalue weighted by Gasteiger charge is -2.16. The molecule has 1 aliphatic heterocycles. The molecular weight excluding hydrogens is 220 g/mol. The van der Waals surface area contributed by atoms with Gasteiger partial charge in [-0.15, -0.1) is 0 Å². The lowest BCUT2D eigenvalue weighted by molar-refractivity contribution is -0.118. The second kappa shape index (κ2) is 4.70. The third-order valence-electron chi connectivity index (χ3n) is 2.62. The molecule has 1 heterocycles. The van der Waals surface area contributed by atoms with Gasteiger partial charge in [0.15, 0.2) is 11.0 Å². The van der Waals surface area contributed by atoms with Crippen molar-refractivity contribution in [1.29, 1.82) is 0 Å². The average Bonchev–Trinajstić information content (AvgIpc) is 2.74. The van der Waals surface area contributed by atoms with Crippen molar-refractivity contribution in [1.82, 2.24) is 5.32 Å². The summed E-state index contributed by atoms with van der Waals surface area (Å²) in [5, 5.41) is 4.12. The Labute approximate surface area is 99.3 Å². The van der Waals surface area contributed by atoms with Gasteiger partial charge < -0.3 is 5.32 Å². The van der Waals surface area contributed by atoms with Crippen LogP contribution < -0.4 is 5.32 Å². The van der Waals surface area contributed by atoms with Crippen LogP contribution in [0.2, 0.25) is 0 Å². The highest BCUT2D eigenvalue weighted by atomic mass is 32.2. The van der Waals surface area contributed by atoms with E-state index in [4.69, 9.17) is 0 Å². The number of aliphatic imine (C=N–C) groups is 1. The number of amidine groups is 1. The lowest BCUT2D eigenvalue weighted by atomic mass is 9.98. The fourth-order valence-electron chi connectivity index (χ4n) is 1.81. The molecule has 0 bridgehead atoms. The normalized spacial score (nSPS) is 23.8. The lowest BCUT2D eigenvalue weighted by Crippen LogP contribution is -2.29. The van der Waals surface area contributed by atoms with Crippen molar-refractivity contribution < 1.29 is 4.79 Å². The van der Waals surface area contributed by atoms with Gasteiger partial charge in [0.1, 0.15) is 6.04 Å². The van der Waals surface area contributed by atoms with E-state index in [-0.39, 0.29) is 17.9 Å². The van der Waals surface area contributed by atoms with E-state index in [9.17, 15) is 4.79 Å². The van der Waals surface area contributed by atoms with Gasteiger partial charge in [-0.3, -0.25) is 4.79 Å². The van der Waals surface area contributed by atoms with Gasteiger partial charge in [-0.1, -0.05) is 42.1 Å². The van der Waals surface area contributed by atoms with E-state index in [2.05, 4.69) is 10.3 Å². The summed E-state index contributed by atoms with van der Waals surface area (Å²) in [5.74, 6) is 0.102. The Kier molecular flexibility index (Phi) is 3.29. The summed E-state index contributed by atoms with van der Waals surface area (Å²) in [6, 6.07) is 9.67. The minimum Gasteiger partial charge on any atom is -0.355 e. The molecule has 0 aromatic heterocycles. The number of benzene rings is 1. The smallest absolute Gasteiger partial charge is 0.157 e. The fraction of sp³-hybridized carbons (Fsp3) is 0.333. The van der Waals surface area contributed by atoms with Crippen molar-refractivity contribution in [2.45, 2.75) is 19.0 Å². The van der Waals surface area contributed by atoms with Crippen LogP contribution in [0.25, 0.3) is 0 Å². The van der Waals surface area contributed by atoms with Gasteiger partial charge >= 0.3 is 0 Å². The zero-order valence-electron chi connectivity index (χ0n) is 9.31. The number of rotatable bonds is 2. The molecule has 0 saturated heterocycles. The maximum atomic E-state index is 11.5. The molecule has 1 aromatic carbocycles. The van der Waals surface area contributed by atoms with Crippen LogP contribution in [0, 0.1) is 0 Å². The van der Waals surface area contributed by atoms with E-state index < -0.39 is 0 Å². The monoisotopic (exact) mass is 234 g/mol. The number of ketones is 1. The van der Waals surface area contributed by atoms with Gasteiger partial charge in [0, 0.05) is 0 Å². The van der Waals surface area contributed by atoms with E-state index in [1.807, 2.05) is 36.6 Å². The molecular formula is C12H14N2OS. The molecule has 16 heavy (non-hydrogen) atoms. The number of carbonyl (C=O) groups excluding carboxylic acids is 1. The number of nitrogens with zero attached hydrogens (tertiary/aromatic N) is 1. The molecule has 0 aliphatic carbocycles. The fourth-order valence-corrected chi connectivity index (χ4v) is 2.28. The number of nitrogens with one attached hydrogen (secondary N) is 1. The first-order chi connectivity index (χ1) is 7.72. The third-order valence-corrected chi connectivity index (χ3v) is 3.23. The first-order valence-electron chi connectivity index (χ1n) is 5.16. The van der Waals surface area contributed by atoms with Crippen molar-refractivity contribution in [3.05, 3.63) is 35.9 Å². The maximum absolute atomic E-state index is 11.5. The Morgan fingerprint density at radius 3 is 2.62 bits per heavy atom. The first-order valence-corrected chi connectivity index (χ1v) is 6.38. The summed E-state index contributed by atoms with van der Waals surface area (Å²) in [4.78, 5) is 15.9. The zero-order valence-corrected chi connectivity index (χ0v) is 10.1. The van der Waals surface area contributed by atoms with Gasteiger partial charge in [-0.25, -0.2) is 4.99 Å². The summed E-state index contributed by atoms with van der Waals surface area (Å²) in [6.45, 7) is 1.59. The van der Waals surface area contributed by atoms with Crippen molar-refractivity contribution in [2.75, 3.05) is 6.26 Å². The first kappa shape index (κ1) is 11.2. The van der Waals surface area contributed by atoms with Gasteiger partial charge in [0.2, 0.25) is 0 Å². The molecule has 2 atom stereocenters. The molecule has 3 nitrogen and oxygen atoms in total. The van der Waals surface area contributed by atoms with Crippen molar-refractivity contribution in [3.8, 4) is 0 Å². The molecule has 0 spiro atoms. The van der Waals surface area contributed by atoms with E-state index in [0.29, 0.717) is 0 Å². The Morgan fingerprint density at radius 1 is 1.38 bits per heavy atom. The largest absolute Gasteiger partial charge is 0.355 e. The van der Waals surface area contributed by atoms with E-state index in [1.54, 1.807) is 6.92 Å². The van der Waals surface area contributed by atoms with Gasteiger partial charge in [-0.05, 0) is 18.7 Å². The molecule has 1 N–H and O–H groups in total. The van der Waals surface area contributed by atoms with E-state index in [1.165, 1.54) is 11.8 Å². The average molecular weight is 234 g/mol. The van der Waals surface area contributed by atoms with Gasteiger partial charge in [0.25, 0.3) is 0 Å². The van der Waals surface area contributed by atoms with Gasteiger partial charge in [-0.2, -0.15) is 0 Å². The van der Waals surface area contributed by atoms with Crippen LogP contribution in [-0.4, -0.2) is 23.2 Å². The highest BCUT2D eigenvalue weighted by Gasteiger charge is 2.32. The van der Waals surface area contributed by atoms with E-state index >= 15 is 0 Å². The van der Waals surface area contributed by atoms with Crippen LogP contribution >= 0.6 is 11.8 Å². The highest BCUT2D eigenvalue weighted by molar-refractivity contribution is 8.13. The van der Waals surface area contributed by atoms with Crippen molar-refractivity contribution >= 4 is 22.7 Å². The zero-order chi connectivity index (χ0) is 11.5. The molecule has 0 radical (unpaired) electrons. The molecule has 2 rings (SSSR count). The minimum atomic E-state index is -0.287. The standard InChI is InChI=1S/C12H14N2OS/c1-8(15)10-11(14-12(13-10)16-2)9-6-4-3-5-7-9/h3-7,10-11H,1-2H3,(H,13,14). The Morgan fingerprint density at radius 2 is 2.06 bits per heavy atom. The van der Waals surface area contributed by atoms with Crippen molar-refractivity contribution in [2.24, 2.45) is 4.99 Å². The number of hydrogen-bond acceptors (Lipinski definition) is 4. The van der Waals surface area contributed by atoms with Gasteiger partial charge in [0.05, 0.1) is 6.04 Å². The van der Waals surface area contributed by atoms with Crippen LogP contribution in [0.5, 0.6) is 0 Å². The summed E-state index contributed by atoms with van der Waals surface area (Å²) < 4.78 is 0. The third kappa shape index (κ3) is 2.11. The van der Waals surface area contributed by atoms with Crippen LogP contribution in [0.3, 0.4) is 0 Å². The summed E-state index contributed by atoms with van der Waals surface area (Å²) in [5.41, 5.74) is 1.11. The molecule has 1 aliphatic rings. The predicted octanol–water partition coefficient (Wildman–Crippen LogP) is 2.01. The molecule has 2 unspecified atom stereocenters. The molecule has 1 aromatic rings. The molecule has 0 amide bonds. The minimum absolute atomic E-state index is 0.0128. The summed E-state index contributed by atoms with van der Waals surface area (Å²) >= 11 is 1.54. The van der Waals surface area contributed by atoms with E-state index in [0.717, 1.165) is 10.7 Å². The number of carbonyl (C=O) groups is 1. The Balaban J connectivity index is 2.27. The summed E-state index contributed by atoms with van der Waals surface area (Å²) in [6.07, 6.45) is 1.95. The van der Waals surface area contributed by atoms with Crippen LogP contribution in [-0.2, 0) is 4.79 Å². The Hall–Kier alpha value is -1.29. The molecule has 0 fully saturated rings. The Bertz CT molecular complexity index is 416. The second-order valence-corrected chi connectivity index (χ2v) is 4.52. The van der Waals surface area contributed by atoms with Crippen LogP contribution in [0.4, 0.5) is 0 Å². The number of thioether (sulfide) groups is 1. The topological polar surface area (TPSA) is 41.5 Å².